The van der Waals surface area contributed by atoms with Crippen LogP contribution in [-0.4, -0.2) is 57.0 Å². The van der Waals surface area contributed by atoms with Crippen molar-refractivity contribution < 1.29 is 8.42 Å². The highest BCUT2D eigenvalue weighted by atomic mass is 32.2. The van der Waals surface area contributed by atoms with Crippen molar-refractivity contribution in [1.29, 1.82) is 0 Å². The van der Waals surface area contributed by atoms with Crippen LogP contribution >= 0.6 is 0 Å². The molecule has 18 heavy (non-hydrogen) atoms. The standard InChI is InChI=1S/C13H28N2O2S/c1-3-8-14-12-13-7-5-6-9-15(13)10-11-18(16,17)4-2/h13-14H,3-12H2,1-2H3. The van der Waals surface area contributed by atoms with Gasteiger partial charge >= 0.3 is 0 Å². The predicted molar refractivity (Wildman–Crippen MR) is 76.7 cm³/mol. The molecule has 0 amide bonds. The van der Waals surface area contributed by atoms with E-state index in [1.807, 2.05) is 0 Å². The van der Waals surface area contributed by atoms with E-state index in [0.717, 1.165) is 26.1 Å². The molecule has 0 aromatic heterocycles. The lowest BCUT2D eigenvalue weighted by atomic mass is 10.0. The number of likely N-dealkylation sites (tertiary alicyclic amines) is 1. The Labute approximate surface area is 112 Å². The first kappa shape index (κ1) is 15.9. The molecule has 0 spiro atoms. The molecule has 0 bridgehead atoms. The second-order valence-electron chi connectivity index (χ2n) is 5.13. The summed E-state index contributed by atoms with van der Waals surface area (Å²) >= 11 is 0. The highest BCUT2D eigenvalue weighted by molar-refractivity contribution is 7.91. The first-order valence-corrected chi connectivity index (χ1v) is 9.06. The Balaban J connectivity index is 2.39. The first-order valence-electron chi connectivity index (χ1n) is 7.24. The van der Waals surface area contributed by atoms with Gasteiger partial charge in [-0.15, -0.1) is 0 Å². The Kier molecular flexibility index (Phi) is 7.19. The third-order valence-corrected chi connectivity index (χ3v) is 5.37. The molecule has 1 fully saturated rings. The van der Waals surface area contributed by atoms with Gasteiger partial charge in [-0.25, -0.2) is 8.42 Å². The van der Waals surface area contributed by atoms with Crippen LogP contribution in [0, 0.1) is 0 Å². The normalized spacial score (nSPS) is 22.2. The number of hydrogen-bond donors (Lipinski definition) is 1. The maximum absolute atomic E-state index is 11.6. The molecule has 1 atom stereocenters. The van der Waals surface area contributed by atoms with Crippen molar-refractivity contribution in [3.05, 3.63) is 0 Å². The molecule has 5 heteroatoms. The van der Waals surface area contributed by atoms with Crippen LogP contribution in [0.5, 0.6) is 0 Å². The fourth-order valence-electron chi connectivity index (χ4n) is 2.43. The van der Waals surface area contributed by atoms with E-state index in [2.05, 4.69) is 17.1 Å². The lowest BCUT2D eigenvalue weighted by Gasteiger charge is -2.35. The van der Waals surface area contributed by atoms with Crippen LogP contribution in [0.4, 0.5) is 0 Å². The monoisotopic (exact) mass is 276 g/mol. The Morgan fingerprint density at radius 3 is 2.72 bits per heavy atom. The summed E-state index contributed by atoms with van der Waals surface area (Å²) < 4.78 is 23.1. The smallest absolute Gasteiger partial charge is 0.151 e. The second kappa shape index (κ2) is 8.12. The number of piperidine rings is 1. The van der Waals surface area contributed by atoms with Crippen LogP contribution in [0.1, 0.15) is 39.5 Å². The lowest BCUT2D eigenvalue weighted by molar-refractivity contribution is 0.154. The molecule has 0 aromatic rings. The van der Waals surface area contributed by atoms with Crippen molar-refractivity contribution in [1.82, 2.24) is 10.2 Å². The number of hydrogen-bond acceptors (Lipinski definition) is 4. The maximum Gasteiger partial charge on any atom is 0.151 e. The highest BCUT2D eigenvalue weighted by Gasteiger charge is 2.23. The van der Waals surface area contributed by atoms with Gasteiger partial charge in [-0.2, -0.15) is 0 Å². The lowest BCUT2D eigenvalue weighted by Crippen LogP contribution is -2.47. The third kappa shape index (κ3) is 5.67. The number of rotatable bonds is 8. The van der Waals surface area contributed by atoms with Gasteiger partial charge in [-0.1, -0.05) is 20.3 Å². The van der Waals surface area contributed by atoms with Gasteiger partial charge in [0.1, 0.15) is 0 Å². The topological polar surface area (TPSA) is 49.4 Å². The molecule has 1 heterocycles. The van der Waals surface area contributed by atoms with Crippen molar-refractivity contribution in [2.45, 2.75) is 45.6 Å². The van der Waals surface area contributed by atoms with E-state index in [9.17, 15) is 8.42 Å². The maximum atomic E-state index is 11.6. The van der Waals surface area contributed by atoms with E-state index >= 15 is 0 Å². The minimum Gasteiger partial charge on any atom is -0.315 e. The van der Waals surface area contributed by atoms with Gasteiger partial charge in [0.05, 0.1) is 5.75 Å². The summed E-state index contributed by atoms with van der Waals surface area (Å²) in [6.07, 6.45) is 4.83. The fourth-order valence-corrected chi connectivity index (χ4v) is 3.23. The zero-order valence-corrected chi connectivity index (χ0v) is 12.6. The molecule has 1 saturated heterocycles. The summed E-state index contributed by atoms with van der Waals surface area (Å²) in [5.41, 5.74) is 0. The molecule has 0 aliphatic carbocycles. The molecular formula is C13H28N2O2S. The van der Waals surface area contributed by atoms with E-state index in [1.165, 1.54) is 19.3 Å². The van der Waals surface area contributed by atoms with Crippen molar-refractivity contribution in [2.75, 3.05) is 37.7 Å². The SMILES string of the molecule is CCCNCC1CCCCN1CCS(=O)(=O)CC. The largest absolute Gasteiger partial charge is 0.315 e. The Morgan fingerprint density at radius 2 is 2.06 bits per heavy atom. The highest BCUT2D eigenvalue weighted by Crippen LogP contribution is 2.16. The van der Waals surface area contributed by atoms with E-state index in [-0.39, 0.29) is 5.75 Å². The van der Waals surface area contributed by atoms with Gasteiger partial charge in [0, 0.05) is 24.9 Å². The number of sulfone groups is 1. The zero-order chi connectivity index (χ0) is 13.4. The van der Waals surface area contributed by atoms with Gasteiger partial charge in [0.15, 0.2) is 9.84 Å². The molecule has 1 aliphatic rings. The second-order valence-corrected chi connectivity index (χ2v) is 7.60. The average Bonchev–Trinajstić information content (AvgIpc) is 2.38. The van der Waals surface area contributed by atoms with Crippen LogP contribution in [0.2, 0.25) is 0 Å². The zero-order valence-electron chi connectivity index (χ0n) is 11.8. The quantitative estimate of drug-likeness (QED) is 0.678. The fraction of sp³-hybridized carbons (Fsp3) is 1.00. The summed E-state index contributed by atoms with van der Waals surface area (Å²) in [7, 11) is -2.83. The Bertz CT molecular complexity index is 317. The van der Waals surface area contributed by atoms with Crippen molar-refractivity contribution in [3.8, 4) is 0 Å². The molecule has 1 N–H and O–H groups in total. The van der Waals surface area contributed by atoms with Crippen LogP contribution in [0.25, 0.3) is 0 Å². The Hall–Kier alpha value is -0.130. The summed E-state index contributed by atoms with van der Waals surface area (Å²) in [6.45, 7) is 7.70. The molecular weight excluding hydrogens is 248 g/mol. The predicted octanol–water partition coefficient (Wildman–Crippen LogP) is 1.28. The van der Waals surface area contributed by atoms with Crippen LogP contribution in [0.15, 0.2) is 0 Å². The number of nitrogens with one attached hydrogen (secondary N) is 1. The van der Waals surface area contributed by atoms with Crippen molar-refractivity contribution >= 4 is 9.84 Å². The minimum absolute atomic E-state index is 0.263. The first-order chi connectivity index (χ1) is 8.59. The molecule has 1 aliphatic heterocycles. The molecule has 0 radical (unpaired) electrons. The molecule has 0 saturated carbocycles. The summed E-state index contributed by atoms with van der Waals surface area (Å²) in [4.78, 5) is 2.36. The molecule has 1 rings (SSSR count). The third-order valence-electron chi connectivity index (χ3n) is 3.69. The molecule has 4 nitrogen and oxygen atoms in total. The van der Waals surface area contributed by atoms with E-state index < -0.39 is 9.84 Å². The summed E-state index contributed by atoms with van der Waals surface area (Å²) in [6, 6.07) is 0.525. The average molecular weight is 276 g/mol. The van der Waals surface area contributed by atoms with Crippen LogP contribution in [-0.2, 0) is 9.84 Å². The summed E-state index contributed by atoms with van der Waals surface area (Å²) in [5, 5.41) is 3.45. The van der Waals surface area contributed by atoms with Crippen molar-refractivity contribution in [2.24, 2.45) is 0 Å². The van der Waals surface area contributed by atoms with E-state index in [0.29, 0.717) is 18.3 Å². The molecule has 0 aromatic carbocycles. The van der Waals surface area contributed by atoms with E-state index in [1.54, 1.807) is 6.92 Å². The number of nitrogens with zero attached hydrogens (tertiary/aromatic N) is 1. The van der Waals surface area contributed by atoms with Gasteiger partial charge in [-0.05, 0) is 32.4 Å². The van der Waals surface area contributed by atoms with E-state index in [4.69, 9.17) is 0 Å². The minimum atomic E-state index is -2.83. The van der Waals surface area contributed by atoms with Gasteiger partial charge < -0.3 is 5.32 Å². The van der Waals surface area contributed by atoms with Gasteiger partial charge in [0.25, 0.3) is 0 Å². The molecule has 1 unspecified atom stereocenters. The summed E-state index contributed by atoms with van der Waals surface area (Å²) in [5.74, 6) is 0.577. The van der Waals surface area contributed by atoms with Crippen molar-refractivity contribution in [3.63, 3.8) is 0 Å². The van der Waals surface area contributed by atoms with Gasteiger partial charge in [-0.3, -0.25) is 4.90 Å². The Morgan fingerprint density at radius 1 is 1.28 bits per heavy atom. The van der Waals surface area contributed by atoms with Crippen LogP contribution in [0.3, 0.4) is 0 Å². The molecule has 108 valence electrons. The van der Waals surface area contributed by atoms with Gasteiger partial charge in [0.2, 0.25) is 0 Å². The van der Waals surface area contributed by atoms with Crippen LogP contribution < -0.4 is 5.32 Å².